The highest BCUT2D eigenvalue weighted by molar-refractivity contribution is 5.89. The number of alkyl halides is 3. The number of hydrogen-bond donors (Lipinski definition) is 1. The maximum absolute atomic E-state index is 12.7. The van der Waals surface area contributed by atoms with E-state index in [4.69, 9.17) is 4.52 Å². The molecule has 3 heterocycles. The zero-order chi connectivity index (χ0) is 20.7. The quantitative estimate of drug-likeness (QED) is 0.818. The van der Waals surface area contributed by atoms with E-state index < -0.39 is 17.8 Å². The van der Waals surface area contributed by atoms with Gasteiger partial charge in [0.2, 0.25) is 5.88 Å². The van der Waals surface area contributed by atoms with Gasteiger partial charge in [-0.2, -0.15) is 13.2 Å². The standard InChI is InChI=1S/C18H22F3N5O2/c1-11-9-25(14-6-5-12(8-22-14)18(19,20)21)26(10-11)16(27)23-15-7-13(24-28-15)17(2,3)4/h5-8,11H,9-10H2,1-4H3,(H,23,27). The molecule has 1 atom stereocenters. The Morgan fingerprint density at radius 2 is 1.96 bits per heavy atom. The van der Waals surface area contributed by atoms with E-state index >= 15 is 0 Å². The van der Waals surface area contributed by atoms with E-state index in [9.17, 15) is 18.0 Å². The zero-order valence-corrected chi connectivity index (χ0v) is 16.0. The van der Waals surface area contributed by atoms with Crippen molar-refractivity contribution in [1.29, 1.82) is 0 Å². The lowest BCUT2D eigenvalue weighted by Crippen LogP contribution is -2.44. The number of aromatic nitrogens is 2. The average molecular weight is 397 g/mol. The summed E-state index contributed by atoms with van der Waals surface area (Å²) in [5.41, 5.74) is -0.375. The normalized spacial score (nSPS) is 17.9. The van der Waals surface area contributed by atoms with Gasteiger partial charge in [0.15, 0.2) is 0 Å². The number of pyridine rings is 1. The van der Waals surface area contributed by atoms with Crippen LogP contribution in [0.2, 0.25) is 0 Å². The van der Waals surface area contributed by atoms with Crippen LogP contribution in [0.15, 0.2) is 28.9 Å². The van der Waals surface area contributed by atoms with Crippen molar-refractivity contribution in [2.45, 2.75) is 39.3 Å². The van der Waals surface area contributed by atoms with Crippen LogP contribution in [0.25, 0.3) is 0 Å². The third kappa shape index (κ3) is 4.20. The van der Waals surface area contributed by atoms with Crippen LogP contribution >= 0.6 is 0 Å². The van der Waals surface area contributed by atoms with Crippen LogP contribution in [0.4, 0.5) is 29.7 Å². The van der Waals surface area contributed by atoms with Gasteiger partial charge in [0, 0.05) is 30.8 Å². The van der Waals surface area contributed by atoms with Gasteiger partial charge in [0.1, 0.15) is 5.82 Å². The van der Waals surface area contributed by atoms with Crippen LogP contribution in [0.5, 0.6) is 0 Å². The van der Waals surface area contributed by atoms with Gasteiger partial charge in [-0.1, -0.05) is 32.9 Å². The predicted molar refractivity (Wildman–Crippen MR) is 96.7 cm³/mol. The van der Waals surface area contributed by atoms with E-state index in [0.29, 0.717) is 18.8 Å². The molecule has 2 aromatic rings. The lowest BCUT2D eigenvalue weighted by atomic mass is 9.92. The van der Waals surface area contributed by atoms with Crippen molar-refractivity contribution >= 4 is 17.7 Å². The number of carbonyl (C=O) groups excluding carboxylic acids is 1. The number of anilines is 2. The molecule has 0 aromatic carbocycles. The SMILES string of the molecule is CC1CN(C(=O)Nc2cc(C(C)(C)C)no2)N(c2ccc(C(F)(F)F)cn2)C1. The van der Waals surface area contributed by atoms with Crippen molar-refractivity contribution in [2.75, 3.05) is 23.4 Å². The molecule has 0 spiro atoms. The van der Waals surface area contributed by atoms with Crippen LogP contribution in [0, 0.1) is 5.92 Å². The highest BCUT2D eigenvalue weighted by Crippen LogP contribution is 2.31. The maximum atomic E-state index is 12.7. The van der Waals surface area contributed by atoms with Crippen molar-refractivity contribution in [3.8, 4) is 0 Å². The molecule has 1 N–H and O–H groups in total. The fourth-order valence-corrected chi connectivity index (χ4v) is 2.82. The fraction of sp³-hybridized carbons (Fsp3) is 0.500. The summed E-state index contributed by atoms with van der Waals surface area (Å²) in [5.74, 6) is 0.588. The van der Waals surface area contributed by atoms with Crippen LogP contribution in [0.1, 0.15) is 39.0 Å². The highest BCUT2D eigenvalue weighted by Gasteiger charge is 2.35. The molecule has 1 aliphatic heterocycles. The summed E-state index contributed by atoms with van der Waals surface area (Å²) in [5, 5.41) is 9.55. The van der Waals surface area contributed by atoms with Crippen LogP contribution in [-0.4, -0.2) is 34.3 Å². The summed E-state index contributed by atoms with van der Waals surface area (Å²) in [4.78, 5) is 16.6. The molecule has 0 saturated carbocycles. The van der Waals surface area contributed by atoms with Gasteiger partial charge in [-0.05, 0) is 18.1 Å². The van der Waals surface area contributed by atoms with E-state index in [1.165, 1.54) is 11.1 Å². The Morgan fingerprint density at radius 3 is 2.50 bits per heavy atom. The summed E-state index contributed by atoms with van der Waals surface area (Å²) in [6, 6.07) is 3.39. The molecule has 0 radical (unpaired) electrons. The predicted octanol–water partition coefficient (Wildman–Crippen LogP) is 4.29. The lowest BCUT2D eigenvalue weighted by molar-refractivity contribution is -0.137. The first-order chi connectivity index (χ1) is 12.9. The monoisotopic (exact) mass is 397 g/mol. The molecule has 2 aromatic heterocycles. The number of halogens is 3. The molecule has 28 heavy (non-hydrogen) atoms. The zero-order valence-electron chi connectivity index (χ0n) is 16.0. The third-order valence-electron chi connectivity index (χ3n) is 4.34. The number of hydrogen-bond acceptors (Lipinski definition) is 5. The molecule has 0 aliphatic carbocycles. The van der Waals surface area contributed by atoms with Crippen molar-refractivity contribution in [3.63, 3.8) is 0 Å². The first-order valence-electron chi connectivity index (χ1n) is 8.81. The summed E-state index contributed by atoms with van der Waals surface area (Å²) < 4.78 is 43.4. The Kier molecular flexibility index (Phi) is 4.99. The first kappa shape index (κ1) is 20.0. The number of rotatable bonds is 2. The topological polar surface area (TPSA) is 74.5 Å². The van der Waals surface area contributed by atoms with Gasteiger partial charge in [0.05, 0.1) is 11.3 Å². The molecular formula is C18H22F3N5O2. The van der Waals surface area contributed by atoms with Crippen LogP contribution in [0.3, 0.4) is 0 Å². The second-order valence-corrected chi connectivity index (χ2v) is 7.93. The Balaban J connectivity index is 1.76. The van der Waals surface area contributed by atoms with Gasteiger partial charge in [0.25, 0.3) is 0 Å². The summed E-state index contributed by atoms with van der Waals surface area (Å²) >= 11 is 0. The average Bonchev–Trinajstić information content (AvgIpc) is 3.20. The number of amides is 2. The number of hydrazine groups is 1. The summed E-state index contributed by atoms with van der Waals surface area (Å²) in [7, 11) is 0. The largest absolute Gasteiger partial charge is 0.417 e. The molecule has 1 unspecified atom stereocenters. The van der Waals surface area contributed by atoms with E-state index in [1.54, 1.807) is 11.1 Å². The van der Waals surface area contributed by atoms with Crippen molar-refractivity contribution in [1.82, 2.24) is 15.1 Å². The molecule has 1 aliphatic rings. The molecule has 152 valence electrons. The Hall–Kier alpha value is -2.78. The van der Waals surface area contributed by atoms with E-state index in [2.05, 4.69) is 15.5 Å². The Labute approximate surface area is 160 Å². The minimum Gasteiger partial charge on any atom is -0.338 e. The molecule has 1 saturated heterocycles. The molecule has 3 rings (SSSR count). The van der Waals surface area contributed by atoms with Gasteiger partial charge in [-0.3, -0.25) is 10.3 Å². The fourth-order valence-electron chi connectivity index (χ4n) is 2.82. The maximum Gasteiger partial charge on any atom is 0.417 e. The minimum absolute atomic E-state index is 0.120. The highest BCUT2D eigenvalue weighted by atomic mass is 19.4. The number of carbonyl (C=O) groups is 1. The summed E-state index contributed by atoms with van der Waals surface area (Å²) in [6.45, 7) is 8.70. The van der Waals surface area contributed by atoms with Crippen LogP contribution in [-0.2, 0) is 11.6 Å². The van der Waals surface area contributed by atoms with Crippen LogP contribution < -0.4 is 10.3 Å². The van der Waals surface area contributed by atoms with E-state index in [1.807, 2.05) is 27.7 Å². The second kappa shape index (κ2) is 6.99. The lowest BCUT2D eigenvalue weighted by Gasteiger charge is -2.28. The van der Waals surface area contributed by atoms with Crippen molar-refractivity contribution < 1.29 is 22.5 Å². The molecule has 0 bridgehead atoms. The third-order valence-corrected chi connectivity index (χ3v) is 4.34. The first-order valence-corrected chi connectivity index (χ1v) is 8.81. The molecule has 1 fully saturated rings. The molecule has 10 heteroatoms. The number of urea groups is 1. The van der Waals surface area contributed by atoms with Gasteiger partial charge >= 0.3 is 12.2 Å². The Bertz CT molecular complexity index is 842. The van der Waals surface area contributed by atoms with Crippen molar-refractivity contribution in [2.24, 2.45) is 5.92 Å². The number of nitrogens with one attached hydrogen (secondary N) is 1. The second-order valence-electron chi connectivity index (χ2n) is 7.93. The summed E-state index contributed by atoms with van der Waals surface area (Å²) in [6.07, 6.45) is -3.70. The Morgan fingerprint density at radius 1 is 1.25 bits per heavy atom. The number of nitrogens with zero attached hydrogens (tertiary/aromatic N) is 4. The van der Waals surface area contributed by atoms with E-state index in [-0.39, 0.29) is 23.0 Å². The van der Waals surface area contributed by atoms with E-state index in [0.717, 1.165) is 12.3 Å². The van der Waals surface area contributed by atoms with Gasteiger partial charge in [-0.15, -0.1) is 0 Å². The smallest absolute Gasteiger partial charge is 0.338 e. The van der Waals surface area contributed by atoms with Crippen molar-refractivity contribution in [3.05, 3.63) is 35.7 Å². The molecular weight excluding hydrogens is 375 g/mol. The molecule has 7 nitrogen and oxygen atoms in total. The van der Waals surface area contributed by atoms with Gasteiger partial charge in [-0.25, -0.2) is 14.8 Å². The van der Waals surface area contributed by atoms with Gasteiger partial charge < -0.3 is 4.52 Å². The molecule has 2 amide bonds. The minimum atomic E-state index is -4.46.